The average Bonchev–Trinajstić information content (AvgIpc) is 2.94. The van der Waals surface area contributed by atoms with Gasteiger partial charge in [-0.05, 0) is 76.6 Å². The first-order chi connectivity index (χ1) is 19.2. The Morgan fingerprint density at radius 2 is 1.61 bits per heavy atom. The third kappa shape index (κ3) is 8.57. The Labute approximate surface area is 243 Å². The highest BCUT2D eigenvalue weighted by Crippen LogP contribution is 2.33. The van der Waals surface area contributed by atoms with Crippen LogP contribution in [0.1, 0.15) is 72.1 Å². The van der Waals surface area contributed by atoms with Gasteiger partial charge in [-0.2, -0.15) is 4.31 Å². The molecule has 11 nitrogen and oxygen atoms in total. The number of methoxy groups -OCH3 is 1. The first-order valence-corrected chi connectivity index (χ1v) is 15.8. The standard InChI is InChI=1S/C29H45N3O8S/c1-29(2,3)40-28(36)30(4)22-15-18-31(19-16-22)25(33)17-20-32(26(27(34)35)21-9-7-6-8-10-21)41(37,38)24-13-11-23(39-5)12-14-24/h11-14,21-22,26H,6-10,15-20H2,1-5H3,(H,34,35). The summed E-state index contributed by atoms with van der Waals surface area (Å²) >= 11 is 0. The zero-order chi connectivity index (χ0) is 30.4. The summed E-state index contributed by atoms with van der Waals surface area (Å²) in [5, 5.41) is 10.2. The summed E-state index contributed by atoms with van der Waals surface area (Å²) in [6.07, 6.45) is 4.50. The fraction of sp³-hybridized carbons (Fsp3) is 0.690. The van der Waals surface area contributed by atoms with E-state index in [1.54, 1.807) is 37.6 Å². The van der Waals surface area contributed by atoms with E-state index in [9.17, 15) is 27.9 Å². The third-order valence-corrected chi connectivity index (χ3v) is 9.81. The van der Waals surface area contributed by atoms with Gasteiger partial charge in [0.1, 0.15) is 17.4 Å². The number of aliphatic carboxylic acids is 1. The molecule has 1 atom stereocenters. The topological polar surface area (TPSA) is 134 Å². The predicted octanol–water partition coefficient (Wildman–Crippen LogP) is 3.97. The molecule has 1 aliphatic heterocycles. The van der Waals surface area contributed by atoms with Gasteiger partial charge in [0.25, 0.3) is 0 Å². The van der Waals surface area contributed by atoms with Crippen LogP contribution in [0.15, 0.2) is 29.2 Å². The summed E-state index contributed by atoms with van der Waals surface area (Å²) in [6, 6.07) is 4.49. The van der Waals surface area contributed by atoms with Crippen LogP contribution in [-0.2, 0) is 24.3 Å². The number of carbonyl (C=O) groups excluding carboxylic acids is 2. The number of sulfonamides is 1. The van der Waals surface area contributed by atoms with E-state index in [4.69, 9.17) is 9.47 Å². The largest absolute Gasteiger partial charge is 0.497 e. The van der Waals surface area contributed by atoms with Gasteiger partial charge < -0.3 is 24.4 Å². The number of rotatable bonds is 10. The number of amides is 2. The Balaban J connectivity index is 1.73. The van der Waals surface area contributed by atoms with Crippen molar-refractivity contribution in [1.29, 1.82) is 0 Å². The van der Waals surface area contributed by atoms with Crippen LogP contribution in [0.2, 0.25) is 0 Å². The molecule has 1 N–H and O–H groups in total. The number of carboxylic acids is 1. The summed E-state index contributed by atoms with van der Waals surface area (Å²) < 4.78 is 39.3. The lowest BCUT2D eigenvalue weighted by Crippen LogP contribution is -2.51. The summed E-state index contributed by atoms with van der Waals surface area (Å²) in [6.45, 7) is 6.00. The predicted molar refractivity (Wildman–Crippen MR) is 153 cm³/mol. The quantitative estimate of drug-likeness (QED) is 0.430. The smallest absolute Gasteiger partial charge is 0.410 e. The van der Waals surface area contributed by atoms with Crippen LogP contribution in [0.25, 0.3) is 0 Å². The van der Waals surface area contributed by atoms with Gasteiger partial charge in [0.2, 0.25) is 15.9 Å². The normalized spacial score (nSPS) is 18.1. The lowest BCUT2D eigenvalue weighted by Gasteiger charge is -2.38. The molecule has 0 bridgehead atoms. The number of ether oxygens (including phenoxy) is 2. The van der Waals surface area contributed by atoms with Crippen LogP contribution >= 0.6 is 0 Å². The molecule has 0 aromatic heterocycles. The van der Waals surface area contributed by atoms with Crippen LogP contribution in [0.5, 0.6) is 5.75 Å². The molecular formula is C29H45N3O8S. The highest BCUT2D eigenvalue weighted by atomic mass is 32.2. The Morgan fingerprint density at radius 3 is 2.12 bits per heavy atom. The lowest BCUT2D eigenvalue weighted by molar-refractivity contribution is -0.144. The summed E-state index contributed by atoms with van der Waals surface area (Å²) in [4.78, 5) is 41.4. The van der Waals surface area contributed by atoms with Crippen LogP contribution in [0.4, 0.5) is 4.79 Å². The number of hydrogen-bond acceptors (Lipinski definition) is 7. The number of benzene rings is 1. The molecule has 0 radical (unpaired) electrons. The van der Waals surface area contributed by atoms with E-state index in [1.807, 2.05) is 0 Å². The minimum absolute atomic E-state index is 0.0428. The van der Waals surface area contributed by atoms with Crippen LogP contribution < -0.4 is 4.74 Å². The molecule has 0 spiro atoms. The van der Waals surface area contributed by atoms with E-state index in [1.165, 1.54) is 31.4 Å². The van der Waals surface area contributed by atoms with Crippen molar-refractivity contribution in [2.75, 3.05) is 33.8 Å². The lowest BCUT2D eigenvalue weighted by atomic mass is 9.84. The van der Waals surface area contributed by atoms with Crippen LogP contribution in [-0.4, -0.2) is 97.1 Å². The van der Waals surface area contributed by atoms with Crippen molar-refractivity contribution in [1.82, 2.24) is 14.1 Å². The van der Waals surface area contributed by atoms with Crippen molar-refractivity contribution in [3.8, 4) is 5.75 Å². The number of piperidine rings is 1. The Morgan fingerprint density at radius 1 is 1.02 bits per heavy atom. The second-order valence-corrected chi connectivity index (χ2v) is 13.8. The number of carboxylic acid groups (broad SMARTS) is 1. The molecule has 1 heterocycles. The van der Waals surface area contributed by atoms with Gasteiger partial charge in [-0.1, -0.05) is 19.3 Å². The number of likely N-dealkylation sites (tertiary alicyclic amines) is 1. The van der Waals surface area contributed by atoms with E-state index in [0.717, 1.165) is 23.6 Å². The van der Waals surface area contributed by atoms with E-state index < -0.39 is 33.7 Å². The highest BCUT2D eigenvalue weighted by Gasteiger charge is 2.42. The van der Waals surface area contributed by atoms with Crippen molar-refractivity contribution in [3.05, 3.63) is 24.3 Å². The van der Waals surface area contributed by atoms with Crippen molar-refractivity contribution < 1.29 is 37.4 Å². The first kappa shape index (κ1) is 32.7. The van der Waals surface area contributed by atoms with Crippen molar-refractivity contribution >= 4 is 28.0 Å². The maximum atomic E-state index is 13.8. The molecule has 1 aliphatic carbocycles. The van der Waals surface area contributed by atoms with Gasteiger partial charge in [0.05, 0.1) is 12.0 Å². The number of nitrogens with zero attached hydrogens (tertiary/aromatic N) is 3. The SMILES string of the molecule is COc1ccc(S(=O)(=O)N(CCC(=O)N2CCC(N(C)C(=O)OC(C)(C)C)CC2)C(C(=O)O)C2CCCCC2)cc1. The minimum atomic E-state index is -4.22. The second-order valence-electron chi connectivity index (χ2n) is 11.9. The highest BCUT2D eigenvalue weighted by molar-refractivity contribution is 7.89. The molecular weight excluding hydrogens is 550 g/mol. The third-order valence-electron chi connectivity index (χ3n) is 7.92. The monoisotopic (exact) mass is 595 g/mol. The number of carbonyl (C=O) groups is 3. The second kappa shape index (κ2) is 13.9. The summed E-state index contributed by atoms with van der Waals surface area (Å²) in [7, 11) is -1.06. The molecule has 230 valence electrons. The molecule has 3 rings (SSSR count). The van der Waals surface area contributed by atoms with E-state index in [2.05, 4.69) is 0 Å². The first-order valence-electron chi connectivity index (χ1n) is 14.4. The minimum Gasteiger partial charge on any atom is -0.497 e. The van der Waals surface area contributed by atoms with Crippen molar-refractivity contribution in [2.45, 2.75) is 94.7 Å². The fourth-order valence-electron chi connectivity index (χ4n) is 5.65. The maximum Gasteiger partial charge on any atom is 0.410 e. The molecule has 2 fully saturated rings. The van der Waals surface area contributed by atoms with Gasteiger partial charge in [-0.15, -0.1) is 0 Å². The summed E-state index contributed by atoms with van der Waals surface area (Å²) in [5.41, 5.74) is -0.606. The zero-order valence-electron chi connectivity index (χ0n) is 24.9. The molecule has 2 amide bonds. The molecule has 2 aliphatic rings. The molecule has 1 aromatic rings. The van der Waals surface area contributed by atoms with Crippen molar-refractivity contribution in [3.63, 3.8) is 0 Å². The Kier molecular flexibility index (Phi) is 11.0. The average molecular weight is 596 g/mol. The van der Waals surface area contributed by atoms with Gasteiger partial charge in [-0.25, -0.2) is 13.2 Å². The Hall–Kier alpha value is -2.86. The number of hydrogen-bond donors (Lipinski definition) is 1. The Bertz CT molecular complexity index is 1150. The van der Waals surface area contributed by atoms with Gasteiger partial charge in [0, 0.05) is 39.1 Å². The van der Waals surface area contributed by atoms with Crippen molar-refractivity contribution in [2.24, 2.45) is 5.92 Å². The molecule has 1 saturated heterocycles. The van der Waals surface area contributed by atoms with E-state index >= 15 is 0 Å². The van der Waals surface area contributed by atoms with Gasteiger partial charge >= 0.3 is 12.1 Å². The fourth-order valence-corrected chi connectivity index (χ4v) is 7.29. The van der Waals surface area contributed by atoms with E-state index in [0.29, 0.717) is 44.5 Å². The molecule has 1 aromatic carbocycles. The zero-order valence-corrected chi connectivity index (χ0v) is 25.7. The van der Waals surface area contributed by atoms with Crippen LogP contribution in [0.3, 0.4) is 0 Å². The van der Waals surface area contributed by atoms with Crippen LogP contribution in [0, 0.1) is 5.92 Å². The summed E-state index contributed by atoms with van der Waals surface area (Å²) in [5.74, 6) is -1.30. The molecule has 1 saturated carbocycles. The van der Waals surface area contributed by atoms with E-state index in [-0.39, 0.29) is 35.7 Å². The molecule has 1 unspecified atom stereocenters. The van der Waals surface area contributed by atoms with Gasteiger partial charge in [0.15, 0.2) is 0 Å². The maximum absolute atomic E-state index is 13.8. The van der Waals surface area contributed by atoms with Gasteiger partial charge in [-0.3, -0.25) is 9.59 Å². The molecule has 41 heavy (non-hydrogen) atoms. The molecule has 12 heteroatoms.